The van der Waals surface area contributed by atoms with Crippen molar-refractivity contribution in [3.8, 4) is 77.9 Å². The first-order valence-corrected chi connectivity index (χ1v) is 21.7. The largest absolute Gasteiger partial charge is 0.311 e. The third-order valence-electron chi connectivity index (χ3n) is 11.8. The Morgan fingerprint density at radius 1 is 0.200 bits per heavy atom. The highest BCUT2D eigenvalue weighted by molar-refractivity contribution is 5.89. The van der Waals surface area contributed by atoms with Crippen molar-refractivity contribution in [2.45, 2.75) is 0 Å². The SMILES string of the molecule is [2H]c1c([2H])c(N(c2ccc(-c3cccc(-c4ccccc4)c3)cc2)c2c([2H])c([2H])c(-c3cc(-c4ccccc4)cc(-c4ccccc4)c3)c([2H])c2[2H])c([2H])c([2H])c1-c1cccc(-c2ccc3ccccc3c2)c1. The summed E-state index contributed by atoms with van der Waals surface area (Å²) in [7, 11) is 0. The topological polar surface area (TPSA) is 3.24 Å². The molecular weight excluding hydrogens is 783 g/mol. The molecule has 0 aromatic heterocycles. The summed E-state index contributed by atoms with van der Waals surface area (Å²) in [5, 5.41) is 2.16. The lowest BCUT2D eigenvalue weighted by Crippen LogP contribution is -2.09. The number of hydrogen-bond acceptors (Lipinski definition) is 1. The van der Waals surface area contributed by atoms with Gasteiger partial charge in [0, 0.05) is 17.1 Å². The average molecular weight is 836 g/mol. The first-order chi connectivity index (χ1) is 35.5. The molecule has 0 aliphatic heterocycles. The van der Waals surface area contributed by atoms with Crippen LogP contribution in [0.3, 0.4) is 0 Å². The number of hydrogen-bond donors (Lipinski definition) is 0. The molecule has 0 aliphatic rings. The third kappa shape index (κ3) is 8.40. The fourth-order valence-electron chi connectivity index (χ4n) is 8.40. The van der Waals surface area contributed by atoms with Gasteiger partial charge in [-0.05, 0) is 161 Å². The van der Waals surface area contributed by atoms with Gasteiger partial charge in [-0.3, -0.25) is 0 Å². The molecule has 0 fully saturated rings. The van der Waals surface area contributed by atoms with Crippen LogP contribution in [0.25, 0.3) is 88.7 Å². The van der Waals surface area contributed by atoms with Gasteiger partial charge in [-0.2, -0.15) is 0 Å². The van der Waals surface area contributed by atoms with E-state index in [4.69, 9.17) is 0 Å². The lowest BCUT2D eigenvalue weighted by molar-refractivity contribution is 1.28. The molecule has 0 amide bonds. The second-order valence-corrected chi connectivity index (χ2v) is 16.0. The summed E-state index contributed by atoms with van der Waals surface area (Å²) in [4.78, 5) is 1.36. The van der Waals surface area contributed by atoms with Crippen LogP contribution < -0.4 is 4.90 Å². The molecule has 1 heteroatoms. The zero-order valence-corrected chi connectivity index (χ0v) is 35.3. The van der Waals surface area contributed by atoms with Gasteiger partial charge in [0.05, 0.1) is 11.0 Å². The van der Waals surface area contributed by atoms with E-state index in [9.17, 15) is 11.0 Å². The highest BCUT2D eigenvalue weighted by atomic mass is 15.1. The minimum Gasteiger partial charge on any atom is -0.311 e. The lowest BCUT2D eigenvalue weighted by Gasteiger charge is -2.26. The van der Waals surface area contributed by atoms with Crippen molar-refractivity contribution >= 4 is 27.8 Å². The molecule has 1 nitrogen and oxygen atoms in total. The van der Waals surface area contributed by atoms with E-state index >= 15 is 0 Å². The fourth-order valence-corrected chi connectivity index (χ4v) is 8.40. The maximum atomic E-state index is 9.80. The quantitative estimate of drug-likeness (QED) is 0.133. The molecule has 65 heavy (non-hydrogen) atoms. The number of rotatable bonds is 10. The maximum absolute atomic E-state index is 9.80. The molecular formula is C64H45N. The van der Waals surface area contributed by atoms with Gasteiger partial charge in [-0.25, -0.2) is 0 Å². The Bertz CT molecular complexity index is 3760. The van der Waals surface area contributed by atoms with Gasteiger partial charge >= 0.3 is 0 Å². The van der Waals surface area contributed by atoms with Gasteiger partial charge in [0.1, 0.15) is 0 Å². The van der Waals surface area contributed by atoms with Crippen LogP contribution in [0, 0.1) is 0 Å². The molecule has 11 aromatic carbocycles. The van der Waals surface area contributed by atoms with E-state index < -0.39 is 24.2 Å². The third-order valence-corrected chi connectivity index (χ3v) is 11.8. The molecule has 306 valence electrons. The van der Waals surface area contributed by atoms with Crippen molar-refractivity contribution in [2.75, 3.05) is 4.90 Å². The Morgan fingerprint density at radius 3 is 1.03 bits per heavy atom. The molecule has 0 atom stereocenters. The fraction of sp³-hybridized carbons (Fsp3) is 0. The van der Waals surface area contributed by atoms with Crippen LogP contribution in [-0.4, -0.2) is 0 Å². The number of fused-ring (bicyclic) bond motifs is 1. The molecule has 0 saturated heterocycles. The Morgan fingerprint density at radius 2 is 0.523 bits per heavy atom. The van der Waals surface area contributed by atoms with Crippen molar-refractivity contribution in [3.63, 3.8) is 0 Å². The zero-order chi connectivity index (χ0) is 50.3. The Balaban J connectivity index is 1.09. The molecule has 0 spiro atoms. The normalized spacial score (nSPS) is 12.8. The van der Waals surface area contributed by atoms with Gasteiger partial charge in [-0.15, -0.1) is 0 Å². The number of anilines is 3. The number of nitrogens with zero attached hydrogens (tertiary/aromatic N) is 1. The van der Waals surface area contributed by atoms with Crippen LogP contribution in [0.2, 0.25) is 0 Å². The molecule has 0 bridgehead atoms. The molecule has 0 saturated carbocycles. The van der Waals surface area contributed by atoms with Crippen LogP contribution in [0.1, 0.15) is 11.0 Å². The summed E-state index contributed by atoms with van der Waals surface area (Å²) >= 11 is 0. The number of benzene rings is 11. The van der Waals surface area contributed by atoms with Gasteiger partial charge in [-0.1, -0.05) is 200 Å². The van der Waals surface area contributed by atoms with E-state index in [1.54, 1.807) is 18.2 Å². The van der Waals surface area contributed by atoms with Gasteiger partial charge in [0.25, 0.3) is 0 Å². The van der Waals surface area contributed by atoms with E-state index in [0.717, 1.165) is 66.4 Å². The highest BCUT2D eigenvalue weighted by Gasteiger charge is 2.15. The van der Waals surface area contributed by atoms with Gasteiger partial charge in [0.2, 0.25) is 0 Å². The zero-order valence-electron chi connectivity index (χ0n) is 43.3. The standard InChI is InChI=1S/C64H45N/c1-4-14-46(15-5-1)54-22-12-23-55(40-54)50-28-34-62(35-29-50)65(63-36-30-51(31-37-63)56-24-13-25-57(41-56)58-27-26-49-20-10-11-21-53(49)42-58)64-38-32-52(33-39-64)61-44-59(47-16-6-2-7-17-47)43-60(45-61)48-18-8-3-9-19-48/h1-45H/i30D,31D,32D,33D,36D,37D,38D,39D. The van der Waals surface area contributed by atoms with E-state index in [0.29, 0.717) is 16.8 Å². The van der Waals surface area contributed by atoms with E-state index in [2.05, 4.69) is 24.3 Å². The van der Waals surface area contributed by atoms with Crippen molar-refractivity contribution in [2.24, 2.45) is 0 Å². The summed E-state index contributed by atoms with van der Waals surface area (Å²) < 4.78 is 77.6. The maximum Gasteiger partial charge on any atom is 0.0645 e. The Hall–Kier alpha value is -8.52. The smallest absolute Gasteiger partial charge is 0.0645 e. The molecule has 11 aromatic rings. The minimum absolute atomic E-state index is 0.0866. The summed E-state index contributed by atoms with van der Waals surface area (Å²) in [6.45, 7) is 0. The monoisotopic (exact) mass is 835 g/mol. The van der Waals surface area contributed by atoms with Crippen LogP contribution in [0.5, 0.6) is 0 Å². The van der Waals surface area contributed by atoms with Crippen molar-refractivity contribution in [1.82, 2.24) is 0 Å². The minimum atomic E-state index is -0.411. The van der Waals surface area contributed by atoms with Gasteiger partial charge < -0.3 is 4.90 Å². The average Bonchev–Trinajstić information content (AvgIpc) is 3.44. The predicted octanol–water partition coefficient (Wildman–Crippen LogP) is 18.0. The summed E-state index contributed by atoms with van der Waals surface area (Å²) in [6, 6.07) is 69.6. The van der Waals surface area contributed by atoms with E-state index in [1.165, 1.54) is 4.90 Å². The Labute approximate surface area is 393 Å². The molecule has 0 radical (unpaired) electrons. The summed E-state index contributed by atoms with van der Waals surface area (Å²) in [5.74, 6) is 0. The van der Waals surface area contributed by atoms with E-state index in [-0.39, 0.29) is 46.7 Å². The van der Waals surface area contributed by atoms with Crippen molar-refractivity contribution in [3.05, 3.63) is 273 Å². The van der Waals surface area contributed by atoms with E-state index in [1.807, 2.05) is 182 Å². The summed E-state index contributed by atoms with van der Waals surface area (Å²) in [5.41, 5.74) is 10.2. The second-order valence-electron chi connectivity index (χ2n) is 16.0. The highest BCUT2D eigenvalue weighted by Crippen LogP contribution is 2.40. The Kier molecular flexibility index (Phi) is 8.53. The van der Waals surface area contributed by atoms with Crippen LogP contribution in [0.4, 0.5) is 17.1 Å². The van der Waals surface area contributed by atoms with Crippen LogP contribution in [-0.2, 0) is 0 Å². The molecule has 0 N–H and O–H groups in total. The first-order valence-electron chi connectivity index (χ1n) is 25.7. The first kappa shape index (κ1) is 31.3. The lowest BCUT2D eigenvalue weighted by atomic mass is 9.93. The molecule has 11 rings (SSSR count). The molecule has 0 unspecified atom stereocenters. The van der Waals surface area contributed by atoms with Crippen LogP contribution >= 0.6 is 0 Å². The molecule has 0 aliphatic carbocycles. The van der Waals surface area contributed by atoms with Crippen molar-refractivity contribution < 1.29 is 11.0 Å². The van der Waals surface area contributed by atoms with Gasteiger partial charge in [0.15, 0.2) is 0 Å². The second kappa shape index (κ2) is 17.7. The summed E-state index contributed by atoms with van der Waals surface area (Å²) in [6.07, 6.45) is 0. The molecule has 0 heterocycles. The van der Waals surface area contributed by atoms with Crippen LogP contribution in [0.15, 0.2) is 273 Å². The van der Waals surface area contributed by atoms with Crippen molar-refractivity contribution in [1.29, 1.82) is 0 Å². The predicted molar refractivity (Wildman–Crippen MR) is 277 cm³/mol.